The van der Waals surface area contributed by atoms with E-state index in [1.54, 1.807) is 25.1 Å². The Balaban J connectivity index is 2.00. The van der Waals surface area contributed by atoms with Crippen LogP contribution >= 0.6 is 0 Å². The van der Waals surface area contributed by atoms with Gasteiger partial charge in [-0.15, -0.1) is 0 Å². The summed E-state index contributed by atoms with van der Waals surface area (Å²) in [7, 11) is 0. The number of nitrogens with zero attached hydrogens (tertiary/aromatic N) is 1. The van der Waals surface area contributed by atoms with Gasteiger partial charge in [-0.2, -0.15) is 0 Å². The number of nitro groups is 1. The van der Waals surface area contributed by atoms with Crippen molar-refractivity contribution < 1.29 is 14.5 Å². The Bertz CT molecular complexity index is 643. The van der Waals surface area contributed by atoms with Crippen molar-refractivity contribution in [3.8, 4) is 5.75 Å². The monoisotopic (exact) mass is 286 g/mol. The average molecular weight is 286 g/mol. The topological polar surface area (TPSA) is 81.5 Å². The second-order valence-corrected chi connectivity index (χ2v) is 4.37. The van der Waals surface area contributed by atoms with Crippen LogP contribution in [0, 0.1) is 10.1 Å². The minimum absolute atomic E-state index is 0.0804. The average Bonchev–Trinajstić information content (AvgIpc) is 2.48. The Labute approximate surface area is 121 Å². The molecule has 1 N–H and O–H groups in total. The molecule has 2 aromatic carbocycles. The van der Waals surface area contributed by atoms with Crippen LogP contribution in [0.1, 0.15) is 6.92 Å². The lowest BCUT2D eigenvalue weighted by Gasteiger charge is -2.14. The van der Waals surface area contributed by atoms with Crippen molar-refractivity contribution in [3.05, 3.63) is 64.7 Å². The van der Waals surface area contributed by atoms with Gasteiger partial charge in [0.1, 0.15) is 5.75 Å². The van der Waals surface area contributed by atoms with Gasteiger partial charge in [0.25, 0.3) is 11.6 Å². The summed E-state index contributed by atoms with van der Waals surface area (Å²) in [6.45, 7) is 1.58. The molecule has 0 unspecified atom stereocenters. The number of rotatable bonds is 5. The van der Waals surface area contributed by atoms with E-state index < -0.39 is 11.0 Å². The molecule has 0 saturated heterocycles. The summed E-state index contributed by atoms with van der Waals surface area (Å²) in [5.41, 5.74) is 0.583. The molecule has 1 atom stereocenters. The van der Waals surface area contributed by atoms with Crippen molar-refractivity contribution in [2.45, 2.75) is 13.0 Å². The fourth-order valence-electron chi connectivity index (χ4n) is 1.69. The minimum Gasteiger partial charge on any atom is -0.481 e. The number of carbonyl (C=O) groups excluding carboxylic acids is 1. The summed E-state index contributed by atoms with van der Waals surface area (Å²) in [4.78, 5) is 22.1. The normalized spacial score (nSPS) is 11.5. The highest BCUT2D eigenvalue weighted by molar-refractivity contribution is 5.94. The van der Waals surface area contributed by atoms with Gasteiger partial charge in [-0.25, -0.2) is 0 Å². The first-order valence-corrected chi connectivity index (χ1v) is 6.33. The molecule has 0 aliphatic rings. The predicted octanol–water partition coefficient (Wildman–Crippen LogP) is 3.00. The quantitative estimate of drug-likeness (QED) is 0.676. The van der Waals surface area contributed by atoms with Crippen LogP contribution in [0.2, 0.25) is 0 Å². The highest BCUT2D eigenvalue weighted by Gasteiger charge is 2.16. The van der Waals surface area contributed by atoms with Crippen molar-refractivity contribution in [2.24, 2.45) is 0 Å². The molecule has 0 heterocycles. The molecule has 6 heteroatoms. The lowest BCUT2D eigenvalue weighted by atomic mass is 10.3. The van der Waals surface area contributed by atoms with Crippen LogP contribution in [-0.4, -0.2) is 16.9 Å². The lowest BCUT2D eigenvalue weighted by Crippen LogP contribution is -2.30. The van der Waals surface area contributed by atoms with Crippen LogP contribution in [0.25, 0.3) is 0 Å². The SMILES string of the molecule is C[C@H](Oc1cccc([N+](=O)[O-])c1)C(=O)Nc1ccccc1. The highest BCUT2D eigenvalue weighted by atomic mass is 16.6. The first kappa shape index (κ1) is 14.5. The molecule has 1 amide bonds. The fraction of sp³-hybridized carbons (Fsp3) is 0.133. The smallest absolute Gasteiger partial charge is 0.273 e. The molecule has 0 aromatic heterocycles. The number of nitro benzene ring substituents is 1. The van der Waals surface area contributed by atoms with Crippen molar-refractivity contribution in [3.63, 3.8) is 0 Å². The molecule has 0 radical (unpaired) electrons. The van der Waals surface area contributed by atoms with E-state index in [0.717, 1.165) is 0 Å². The maximum absolute atomic E-state index is 12.0. The number of nitrogens with one attached hydrogen (secondary N) is 1. The van der Waals surface area contributed by atoms with Gasteiger partial charge in [-0.1, -0.05) is 24.3 Å². The number of hydrogen-bond acceptors (Lipinski definition) is 4. The Hall–Kier alpha value is -2.89. The number of para-hydroxylation sites is 1. The molecular weight excluding hydrogens is 272 g/mol. The van der Waals surface area contributed by atoms with Gasteiger partial charge >= 0.3 is 0 Å². The van der Waals surface area contributed by atoms with Gasteiger partial charge in [0.15, 0.2) is 6.10 Å². The maximum atomic E-state index is 12.0. The number of non-ortho nitro benzene ring substituents is 1. The zero-order valence-electron chi connectivity index (χ0n) is 11.4. The Morgan fingerprint density at radius 2 is 1.90 bits per heavy atom. The Morgan fingerprint density at radius 3 is 2.57 bits per heavy atom. The third kappa shape index (κ3) is 4.04. The zero-order valence-corrected chi connectivity index (χ0v) is 11.4. The molecule has 2 rings (SSSR count). The molecule has 0 bridgehead atoms. The molecule has 0 aliphatic carbocycles. The van der Waals surface area contributed by atoms with Gasteiger partial charge < -0.3 is 10.1 Å². The van der Waals surface area contributed by atoms with Crippen LogP contribution in [0.4, 0.5) is 11.4 Å². The predicted molar refractivity (Wildman–Crippen MR) is 78.3 cm³/mol. The molecule has 108 valence electrons. The van der Waals surface area contributed by atoms with E-state index in [0.29, 0.717) is 5.69 Å². The van der Waals surface area contributed by atoms with Crippen molar-refractivity contribution in [1.29, 1.82) is 0 Å². The summed E-state index contributed by atoms with van der Waals surface area (Å²) >= 11 is 0. The number of carbonyl (C=O) groups is 1. The first-order chi connectivity index (χ1) is 10.1. The third-order valence-electron chi connectivity index (χ3n) is 2.75. The molecule has 2 aromatic rings. The van der Waals surface area contributed by atoms with Crippen LogP contribution < -0.4 is 10.1 Å². The number of anilines is 1. The van der Waals surface area contributed by atoms with Crippen LogP contribution in [0.5, 0.6) is 5.75 Å². The van der Waals surface area contributed by atoms with Crippen LogP contribution in [-0.2, 0) is 4.79 Å². The largest absolute Gasteiger partial charge is 0.481 e. The molecule has 6 nitrogen and oxygen atoms in total. The van der Waals surface area contributed by atoms with Crippen LogP contribution in [0.15, 0.2) is 54.6 Å². The van der Waals surface area contributed by atoms with E-state index in [1.807, 2.05) is 18.2 Å². The van der Waals surface area contributed by atoms with Gasteiger partial charge in [0.2, 0.25) is 0 Å². The van der Waals surface area contributed by atoms with E-state index in [1.165, 1.54) is 18.2 Å². The molecule has 0 aliphatic heterocycles. The lowest BCUT2D eigenvalue weighted by molar-refractivity contribution is -0.384. The van der Waals surface area contributed by atoms with Crippen molar-refractivity contribution >= 4 is 17.3 Å². The number of amides is 1. The van der Waals surface area contributed by atoms with Crippen molar-refractivity contribution in [2.75, 3.05) is 5.32 Å². The standard InChI is InChI=1S/C15H14N2O4/c1-11(15(18)16-12-6-3-2-4-7-12)21-14-9-5-8-13(10-14)17(19)20/h2-11H,1H3,(H,16,18)/t11-/m0/s1. The second kappa shape index (κ2) is 6.51. The molecular formula is C15H14N2O4. The van der Waals surface area contributed by atoms with Gasteiger partial charge in [-0.05, 0) is 25.1 Å². The summed E-state index contributed by atoms with van der Waals surface area (Å²) < 4.78 is 5.42. The van der Waals surface area contributed by atoms with E-state index in [-0.39, 0.29) is 17.3 Å². The van der Waals surface area contributed by atoms with E-state index in [2.05, 4.69) is 5.32 Å². The number of hydrogen-bond donors (Lipinski definition) is 1. The van der Waals surface area contributed by atoms with Crippen LogP contribution in [0.3, 0.4) is 0 Å². The van der Waals surface area contributed by atoms with Gasteiger partial charge in [-0.3, -0.25) is 14.9 Å². The summed E-state index contributed by atoms with van der Waals surface area (Å²) in [6.07, 6.45) is -0.771. The molecule has 0 fully saturated rings. The van der Waals surface area contributed by atoms with Crippen molar-refractivity contribution in [1.82, 2.24) is 0 Å². The highest BCUT2D eigenvalue weighted by Crippen LogP contribution is 2.20. The number of benzene rings is 2. The maximum Gasteiger partial charge on any atom is 0.273 e. The molecule has 0 spiro atoms. The Morgan fingerprint density at radius 1 is 1.19 bits per heavy atom. The third-order valence-corrected chi connectivity index (χ3v) is 2.75. The van der Waals surface area contributed by atoms with Gasteiger partial charge in [0, 0.05) is 11.8 Å². The molecule has 0 saturated carbocycles. The van der Waals surface area contributed by atoms with E-state index in [4.69, 9.17) is 4.74 Å². The minimum atomic E-state index is -0.771. The second-order valence-electron chi connectivity index (χ2n) is 4.37. The van der Waals surface area contributed by atoms with E-state index >= 15 is 0 Å². The van der Waals surface area contributed by atoms with E-state index in [9.17, 15) is 14.9 Å². The summed E-state index contributed by atoms with van der Waals surface area (Å²) in [5.74, 6) is -0.0485. The number of ether oxygens (including phenoxy) is 1. The fourth-order valence-corrected chi connectivity index (χ4v) is 1.69. The zero-order chi connectivity index (χ0) is 15.2. The Kier molecular flexibility index (Phi) is 4.50. The van der Waals surface area contributed by atoms with Gasteiger partial charge in [0.05, 0.1) is 11.0 Å². The first-order valence-electron chi connectivity index (χ1n) is 6.33. The summed E-state index contributed by atoms with van der Waals surface area (Å²) in [6, 6.07) is 14.7. The summed E-state index contributed by atoms with van der Waals surface area (Å²) in [5, 5.41) is 13.4. The molecule has 21 heavy (non-hydrogen) atoms.